The normalized spacial score (nSPS) is 11.3. The van der Waals surface area contributed by atoms with Crippen LogP contribution in [0.2, 0.25) is 5.02 Å². The van der Waals surface area contributed by atoms with Gasteiger partial charge in [0.2, 0.25) is 5.91 Å². The molecule has 1 amide bonds. The molecule has 0 bridgehead atoms. The number of hydrogen-bond acceptors (Lipinski definition) is 3. The fourth-order valence-corrected chi connectivity index (χ4v) is 2.01. The van der Waals surface area contributed by atoms with Gasteiger partial charge in [-0.25, -0.2) is 4.99 Å². The highest BCUT2D eigenvalue weighted by Gasteiger charge is 2.10. The van der Waals surface area contributed by atoms with Crippen LogP contribution in [0.1, 0.15) is 5.56 Å². The molecule has 1 rings (SSSR count). The van der Waals surface area contributed by atoms with Crippen molar-refractivity contribution in [1.29, 1.82) is 0 Å². The molecule has 0 radical (unpaired) electrons. The molecule has 7 heteroatoms. The van der Waals surface area contributed by atoms with E-state index in [9.17, 15) is 4.79 Å². The molecule has 1 aromatic carbocycles. The number of amides is 1. The number of guanidine groups is 1. The highest BCUT2D eigenvalue weighted by atomic mass is 35.5. The number of aliphatic imine (C=N–C) groups is 1. The van der Waals surface area contributed by atoms with E-state index < -0.39 is 0 Å². The standard InChI is InChI=1S/C16H25ClN4O2/c1-20(2)15(22)11-19-16(18-9-10-23-4)21(3)12-13-7-5-6-8-14(13)17/h5-8H,9-12H2,1-4H3,(H,18,19). The first-order valence-electron chi connectivity index (χ1n) is 7.37. The summed E-state index contributed by atoms with van der Waals surface area (Å²) in [5.74, 6) is 0.583. The van der Waals surface area contributed by atoms with Crippen LogP contribution in [0.5, 0.6) is 0 Å². The number of halogens is 1. The molecule has 6 nitrogen and oxygen atoms in total. The zero-order valence-corrected chi connectivity index (χ0v) is 14.9. The van der Waals surface area contributed by atoms with Gasteiger partial charge in [0, 0.05) is 46.4 Å². The van der Waals surface area contributed by atoms with E-state index in [0.29, 0.717) is 30.7 Å². The van der Waals surface area contributed by atoms with Crippen molar-refractivity contribution in [3.05, 3.63) is 34.9 Å². The van der Waals surface area contributed by atoms with Crippen molar-refractivity contribution in [3.63, 3.8) is 0 Å². The molecule has 0 atom stereocenters. The minimum absolute atomic E-state index is 0.0535. The lowest BCUT2D eigenvalue weighted by molar-refractivity contribution is -0.127. The summed E-state index contributed by atoms with van der Waals surface area (Å²) >= 11 is 6.20. The van der Waals surface area contributed by atoms with Crippen molar-refractivity contribution in [2.45, 2.75) is 6.54 Å². The number of carbonyl (C=O) groups is 1. The van der Waals surface area contributed by atoms with Gasteiger partial charge >= 0.3 is 0 Å². The number of likely N-dealkylation sites (N-methyl/N-ethyl adjacent to an activating group) is 1. The second kappa shape index (κ2) is 10.1. The predicted octanol–water partition coefficient (Wildman–Crippen LogP) is 1.45. The minimum Gasteiger partial charge on any atom is -0.383 e. The van der Waals surface area contributed by atoms with E-state index in [2.05, 4.69) is 10.3 Å². The van der Waals surface area contributed by atoms with Crippen LogP contribution >= 0.6 is 11.6 Å². The van der Waals surface area contributed by atoms with Crippen LogP contribution in [-0.4, -0.2) is 69.6 Å². The Labute approximate surface area is 143 Å². The van der Waals surface area contributed by atoms with Gasteiger partial charge in [0.15, 0.2) is 5.96 Å². The minimum atomic E-state index is -0.0535. The lowest BCUT2D eigenvalue weighted by Gasteiger charge is -2.23. The first-order chi connectivity index (χ1) is 11.0. The fraction of sp³-hybridized carbons (Fsp3) is 0.500. The monoisotopic (exact) mass is 340 g/mol. The van der Waals surface area contributed by atoms with Crippen LogP contribution < -0.4 is 5.32 Å². The fourth-order valence-electron chi connectivity index (χ4n) is 1.82. The van der Waals surface area contributed by atoms with Crippen LogP contribution in [0.25, 0.3) is 0 Å². The van der Waals surface area contributed by atoms with Crippen molar-refractivity contribution in [2.24, 2.45) is 4.99 Å². The Hall–Kier alpha value is -1.79. The molecule has 1 aromatic rings. The number of nitrogens with one attached hydrogen (secondary N) is 1. The van der Waals surface area contributed by atoms with Crippen molar-refractivity contribution in [3.8, 4) is 0 Å². The summed E-state index contributed by atoms with van der Waals surface area (Å²) in [6.07, 6.45) is 0. The summed E-state index contributed by atoms with van der Waals surface area (Å²) in [4.78, 5) is 19.6. The molecule has 1 N–H and O–H groups in total. The number of benzene rings is 1. The third-order valence-corrected chi connectivity index (χ3v) is 3.55. The number of methoxy groups -OCH3 is 1. The molecule has 0 aliphatic carbocycles. The van der Waals surface area contributed by atoms with Crippen LogP contribution in [0.3, 0.4) is 0 Å². The van der Waals surface area contributed by atoms with Crippen molar-refractivity contribution in [2.75, 3.05) is 47.9 Å². The van der Waals surface area contributed by atoms with Gasteiger partial charge < -0.3 is 19.9 Å². The quantitative estimate of drug-likeness (QED) is 0.464. The van der Waals surface area contributed by atoms with Gasteiger partial charge in [-0.15, -0.1) is 0 Å². The zero-order chi connectivity index (χ0) is 17.2. The lowest BCUT2D eigenvalue weighted by Crippen LogP contribution is -2.41. The second-order valence-electron chi connectivity index (χ2n) is 5.30. The molecule has 23 heavy (non-hydrogen) atoms. The van der Waals surface area contributed by atoms with E-state index >= 15 is 0 Å². The van der Waals surface area contributed by atoms with Gasteiger partial charge in [0.25, 0.3) is 0 Å². The van der Waals surface area contributed by atoms with E-state index in [4.69, 9.17) is 16.3 Å². The summed E-state index contributed by atoms with van der Waals surface area (Å²) in [5, 5.41) is 3.90. The predicted molar refractivity (Wildman–Crippen MR) is 93.8 cm³/mol. The molecule has 0 aliphatic rings. The number of rotatable bonds is 7. The van der Waals surface area contributed by atoms with Gasteiger partial charge in [-0.05, 0) is 11.6 Å². The van der Waals surface area contributed by atoms with Crippen molar-refractivity contribution >= 4 is 23.5 Å². The van der Waals surface area contributed by atoms with Gasteiger partial charge in [0.05, 0.1) is 6.61 Å². The molecule has 0 unspecified atom stereocenters. The molecule has 0 spiro atoms. The molecule has 0 fully saturated rings. The van der Waals surface area contributed by atoms with Crippen molar-refractivity contribution in [1.82, 2.24) is 15.1 Å². The van der Waals surface area contributed by atoms with Crippen LogP contribution in [-0.2, 0) is 16.1 Å². The molecular formula is C16H25ClN4O2. The lowest BCUT2D eigenvalue weighted by atomic mass is 10.2. The molecule has 0 heterocycles. The molecule has 128 valence electrons. The smallest absolute Gasteiger partial charge is 0.243 e. The number of nitrogens with zero attached hydrogens (tertiary/aromatic N) is 3. The largest absolute Gasteiger partial charge is 0.383 e. The average Bonchev–Trinajstić information content (AvgIpc) is 2.52. The number of ether oxygens (including phenoxy) is 1. The number of hydrogen-bond donors (Lipinski definition) is 1. The Morgan fingerprint density at radius 3 is 2.61 bits per heavy atom. The third kappa shape index (κ3) is 6.88. The topological polar surface area (TPSA) is 57.2 Å². The van der Waals surface area contributed by atoms with Crippen molar-refractivity contribution < 1.29 is 9.53 Å². The molecule has 0 saturated carbocycles. The summed E-state index contributed by atoms with van der Waals surface area (Å²) in [6, 6.07) is 7.67. The summed E-state index contributed by atoms with van der Waals surface area (Å²) in [7, 11) is 6.97. The summed E-state index contributed by atoms with van der Waals surface area (Å²) < 4.78 is 5.04. The van der Waals surface area contributed by atoms with Crippen LogP contribution in [0, 0.1) is 0 Å². The molecular weight excluding hydrogens is 316 g/mol. The van der Waals surface area contributed by atoms with E-state index in [0.717, 1.165) is 5.56 Å². The van der Waals surface area contributed by atoms with E-state index in [1.807, 2.05) is 36.2 Å². The molecule has 0 aromatic heterocycles. The summed E-state index contributed by atoms with van der Waals surface area (Å²) in [5.41, 5.74) is 0.997. The van der Waals surface area contributed by atoms with E-state index in [-0.39, 0.29) is 12.5 Å². The van der Waals surface area contributed by atoms with Gasteiger partial charge in [-0.2, -0.15) is 0 Å². The Kier molecular flexibility index (Phi) is 8.43. The average molecular weight is 341 g/mol. The highest BCUT2D eigenvalue weighted by molar-refractivity contribution is 6.31. The maximum absolute atomic E-state index is 11.7. The Morgan fingerprint density at radius 1 is 1.30 bits per heavy atom. The summed E-state index contributed by atoms with van der Waals surface area (Å²) in [6.45, 7) is 1.85. The Balaban J connectivity index is 2.78. The van der Waals surface area contributed by atoms with Gasteiger partial charge in [-0.1, -0.05) is 29.8 Å². The maximum atomic E-state index is 11.7. The Morgan fingerprint density at radius 2 is 2.00 bits per heavy atom. The van der Waals surface area contributed by atoms with Crippen LogP contribution in [0.15, 0.2) is 29.3 Å². The Bertz CT molecular complexity index is 535. The number of carbonyl (C=O) groups excluding carboxylic acids is 1. The van der Waals surface area contributed by atoms with Gasteiger partial charge in [0.1, 0.15) is 6.54 Å². The maximum Gasteiger partial charge on any atom is 0.243 e. The third-order valence-electron chi connectivity index (χ3n) is 3.18. The highest BCUT2D eigenvalue weighted by Crippen LogP contribution is 2.16. The van der Waals surface area contributed by atoms with E-state index in [1.165, 1.54) is 4.90 Å². The molecule has 0 aliphatic heterocycles. The van der Waals surface area contributed by atoms with E-state index in [1.54, 1.807) is 21.2 Å². The SMILES string of the molecule is COCCNC(=NCC(=O)N(C)C)N(C)Cc1ccccc1Cl. The first-order valence-corrected chi connectivity index (χ1v) is 7.75. The van der Waals surface area contributed by atoms with Gasteiger partial charge in [-0.3, -0.25) is 4.79 Å². The molecule has 0 saturated heterocycles. The zero-order valence-electron chi connectivity index (χ0n) is 14.2. The van der Waals surface area contributed by atoms with Crippen LogP contribution in [0.4, 0.5) is 0 Å². The first kappa shape index (κ1) is 19.3. The second-order valence-corrected chi connectivity index (χ2v) is 5.70.